The number of hydrogen-bond acceptors (Lipinski definition) is 0. The van der Waals surface area contributed by atoms with E-state index in [4.69, 9.17) is 0 Å². The van der Waals surface area contributed by atoms with Crippen molar-refractivity contribution >= 4 is 22.1 Å². The van der Waals surface area contributed by atoms with Crippen LogP contribution in [0.2, 0.25) is 0 Å². The van der Waals surface area contributed by atoms with Crippen LogP contribution in [0, 0.1) is 0 Å². The molecule has 0 aliphatic heterocycles. The van der Waals surface area contributed by atoms with Gasteiger partial charge in [-0.15, -0.1) is 0 Å². The van der Waals surface area contributed by atoms with Gasteiger partial charge >= 0.3 is 0 Å². The third-order valence-corrected chi connectivity index (χ3v) is 5.43. The predicted octanol–water partition coefficient (Wildman–Crippen LogP) is 4.41. The lowest BCUT2D eigenvalue weighted by atomic mass is 10.3. The second-order valence-electron chi connectivity index (χ2n) is 7.39. The summed E-state index contributed by atoms with van der Waals surface area (Å²) in [5.74, 6) is 0. The minimum atomic E-state index is 0.914. The summed E-state index contributed by atoms with van der Waals surface area (Å²) in [6.45, 7) is 7.98. The van der Waals surface area contributed by atoms with Gasteiger partial charge in [-0.3, -0.25) is 0 Å². The van der Waals surface area contributed by atoms with E-state index in [0.29, 0.717) is 0 Å². The first-order chi connectivity index (χ1) is 14.3. The number of hydrogen-bond donors (Lipinski definition) is 0. The van der Waals surface area contributed by atoms with Crippen molar-refractivity contribution in [2.24, 2.45) is 0 Å². The number of aryl methyl sites for hydroxylation is 2. The molecule has 2 aromatic heterocycles. The van der Waals surface area contributed by atoms with Gasteiger partial charge < -0.3 is 0 Å². The molecule has 29 heavy (non-hydrogen) atoms. The SMILES string of the molecule is CC=CC[n+]1cn(CCCn2c[n+](CC=CC)c3ccccc32)c2ccccc21. The van der Waals surface area contributed by atoms with Gasteiger partial charge in [0, 0.05) is 6.42 Å². The molecule has 0 aliphatic carbocycles. The molecule has 4 aromatic rings. The van der Waals surface area contributed by atoms with E-state index in [-0.39, 0.29) is 0 Å². The van der Waals surface area contributed by atoms with Crippen LogP contribution in [0.1, 0.15) is 20.3 Å². The minimum absolute atomic E-state index is 0.914. The molecule has 0 aliphatic rings. The largest absolute Gasteiger partial charge is 0.245 e. The zero-order valence-electron chi connectivity index (χ0n) is 17.4. The fourth-order valence-corrected chi connectivity index (χ4v) is 3.98. The van der Waals surface area contributed by atoms with Crippen molar-refractivity contribution in [1.29, 1.82) is 0 Å². The Balaban J connectivity index is 1.54. The fraction of sp³-hybridized carbons (Fsp3) is 0.280. The summed E-state index contributed by atoms with van der Waals surface area (Å²) in [5, 5.41) is 0. The van der Waals surface area contributed by atoms with Gasteiger partial charge in [-0.2, -0.15) is 0 Å². The molecular weight excluding hydrogens is 356 g/mol. The van der Waals surface area contributed by atoms with E-state index in [0.717, 1.165) is 32.6 Å². The molecule has 4 nitrogen and oxygen atoms in total. The van der Waals surface area contributed by atoms with Crippen LogP contribution >= 0.6 is 0 Å². The number of rotatable bonds is 8. The average molecular weight is 387 g/mol. The molecule has 0 saturated heterocycles. The summed E-state index contributed by atoms with van der Waals surface area (Å²) < 4.78 is 9.42. The highest BCUT2D eigenvalue weighted by Crippen LogP contribution is 2.14. The molecule has 0 spiro atoms. The van der Waals surface area contributed by atoms with Gasteiger partial charge in [0.1, 0.15) is 13.1 Å². The maximum absolute atomic E-state index is 2.39. The van der Waals surface area contributed by atoms with E-state index in [1.807, 2.05) is 0 Å². The Morgan fingerprint density at radius 2 is 1.14 bits per heavy atom. The topological polar surface area (TPSA) is 17.6 Å². The Hall–Kier alpha value is -3.14. The number of para-hydroxylation sites is 4. The normalized spacial score (nSPS) is 12.2. The molecule has 2 aromatic carbocycles. The maximum Gasteiger partial charge on any atom is 0.245 e. The molecule has 0 bridgehead atoms. The second-order valence-corrected chi connectivity index (χ2v) is 7.39. The third-order valence-electron chi connectivity index (χ3n) is 5.43. The van der Waals surface area contributed by atoms with Gasteiger partial charge in [-0.05, 0) is 50.3 Å². The Kier molecular flexibility index (Phi) is 5.89. The lowest BCUT2D eigenvalue weighted by molar-refractivity contribution is -0.661. The first-order valence-electron chi connectivity index (χ1n) is 10.5. The van der Waals surface area contributed by atoms with Crippen molar-refractivity contribution in [2.75, 3.05) is 0 Å². The molecule has 0 radical (unpaired) electrons. The number of benzene rings is 2. The fourth-order valence-electron chi connectivity index (χ4n) is 3.98. The standard InChI is InChI=1S/C25H30N4/c1-3-5-16-26-20-28(24-14-9-7-12-22(24)26)18-11-19-29-21-27(17-6-4-2)23-13-8-10-15-25(23)29/h3-10,12-15,20-21H,11,16-19H2,1-2H3/q+2. The highest BCUT2D eigenvalue weighted by molar-refractivity contribution is 5.72. The van der Waals surface area contributed by atoms with Crippen molar-refractivity contribution in [1.82, 2.24) is 9.13 Å². The van der Waals surface area contributed by atoms with Crippen LogP contribution in [0.4, 0.5) is 0 Å². The zero-order valence-corrected chi connectivity index (χ0v) is 17.4. The molecular formula is C25H30N4+2. The van der Waals surface area contributed by atoms with E-state index in [2.05, 4.69) is 118 Å². The van der Waals surface area contributed by atoms with Crippen LogP contribution in [0.25, 0.3) is 22.1 Å². The molecule has 0 atom stereocenters. The van der Waals surface area contributed by atoms with E-state index < -0.39 is 0 Å². The molecule has 0 fully saturated rings. The highest BCUT2D eigenvalue weighted by atomic mass is 15.1. The zero-order chi connectivity index (χ0) is 20.1. The summed E-state index contributed by atoms with van der Waals surface area (Å²) in [7, 11) is 0. The van der Waals surface area contributed by atoms with Gasteiger partial charge in [-0.25, -0.2) is 18.3 Å². The smallest absolute Gasteiger partial charge is 0.230 e. The molecule has 0 N–H and O–H groups in total. The third kappa shape index (κ3) is 4.02. The summed E-state index contributed by atoms with van der Waals surface area (Å²) in [5.41, 5.74) is 5.19. The van der Waals surface area contributed by atoms with Crippen LogP contribution in [-0.4, -0.2) is 9.13 Å². The first-order valence-corrected chi connectivity index (χ1v) is 10.5. The molecule has 148 valence electrons. The van der Waals surface area contributed by atoms with Crippen molar-refractivity contribution < 1.29 is 9.13 Å². The van der Waals surface area contributed by atoms with Crippen LogP contribution in [0.5, 0.6) is 0 Å². The minimum Gasteiger partial charge on any atom is -0.230 e. The average Bonchev–Trinajstić information content (AvgIpc) is 3.29. The Morgan fingerprint density at radius 1 is 0.690 bits per heavy atom. The Bertz CT molecular complexity index is 1070. The predicted molar refractivity (Wildman–Crippen MR) is 119 cm³/mol. The van der Waals surface area contributed by atoms with Gasteiger partial charge in [0.05, 0.1) is 13.1 Å². The summed E-state index contributed by atoms with van der Waals surface area (Å²) >= 11 is 0. The number of fused-ring (bicyclic) bond motifs is 2. The van der Waals surface area contributed by atoms with E-state index in [1.165, 1.54) is 22.1 Å². The molecule has 4 rings (SSSR count). The monoisotopic (exact) mass is 386 g/mol. The van der Waals surface area contributed by atoms with Crippen LogP contribution in [0.15, 0.2) is 85.5 Å². The van der Waals surface area contributed by atoms with Crippen molar-refractivity contribution in [3.05, 3.63) is 85.5 Å². The number of aromatic nitrogens is 4. The van der Waals surface area contributed by atoms with Crippen molar-refractivity contribution in [3.63, 3.8) is 0 Å². The molecule has 0 amide bonds. The van der Waals surface area contributed by atoms with Gasteiger partial charge in [0.15, 0.2) is 22.1 Å². The molecule has 0 saturated carbocycles. The highest BCUT2D eigenvalue weighted by Gasteiger charge is 2.16. The number of imidazole rings is 2. The van der Waals surface area contributed by atoms with Gasteiger partial charge in [-0.1, -0.05) is 36.4 Å². The summed E-state index contributed by atoms with van der Waals surface area (Å²) in [6.07, 6.45) is 14.2. The van der Waals surface area contributed by atoms with Crippen molar-refractivity contribution in [2.45, 2.75) is 46.4 Å². The Labute approximate surface area is 172 Å². The summed E-state index contributed by atoms with van der Waals surface area (Å²) in [4.78, 5) is 0. The number of allylic oxidation sites excluding steroid dienone is 4. The Morgan fingerprint density at radius 3 is 1.59 bits per heavy atom. The van der Waals surface area contributed by atoms with E-state index >= 15 is 0 Å². The molecule has 4 heteroatoms. The van der Waals surface area contributed by atoms with E-state index in [9.17, 15) is 0 Å². The van der Waals surface area contributed by atoms with Gasteiger partial charge in [0.25, 0.3) is 0 Å². The lowest BCUT2D eigenvalue weighted by Gasteiger charge is -1.98. The summed E-state index contributed by atoms with van der Waals surface area (Å²) in [6, 6.07) is 17.3. The second kappa shape index (κ2) is 8.91. The van der Waals surface area contributed by atoms with Crippen LogP contribution < -0.4 is 9.13 Å². The lowest BCUT2D eigenvalue weighted by Crippen LogP contribution is -2.31. The van der Waals surface area contributed by atoms with E-state index in [1.54, 1.807) is 0 Å². The first kappa shape index (κ1) is 19.2. The number of nitrogens with zero attached hydrogens (tertiary/aromatic N) is 4. The van der Waals surface area contributed by atoms with Crippen LogP contribution in [0.3, 0.4) is 0 Å². The molecule has 2 heterocycles. The molecule has 0 unspecified atom stereocenters. The maximum atomic E-state index is 2.39. The quantitative estimate of drug-likeness (QED) is 0.315. The van der Waals surface area contributed by atoms with Crippen LogP contribution in [-0.2, 0) is 26.2 Å². The van der Waals surface area contributed by atoms with Gasteiger partial charge in [0.2, 0.25) is 12.7 Å². The van der Waals surface area contributed by atoms with Crippen molar-refractivity contribution in [3.8, 4) is 0 Å².